The van der Waals surface area contributed by atoms with Crippen molar-refractivity contribution in [3.05, 3.63) is 60.8 Å². The van der Waals surface area contributed by atoms with E-state index in [9.17, 15) is 30.3 Å². The Hall–Kier alpha value is -2.11. The van der Waals surface area contributed by atoms with E-state index in [0.29, 0.717) is 12.8 Å². The number of carbonyl (C=O) groups is 1. The van der Waals surface area contributed by atoms with E-state index in [-0.39, 0.29) is 12.5 Å². The Morgan fingerprint density at radius 3 is 1.14 bits per heavy atom. The normalized spacial score (nSPS) is 18.7. The van der Waals surface area contributed by atoms with Crippen LogP contribution in [0.2, 0.25) is 0 Å². The van der Waals surface area contributed by atoms with Crippen LogP contribution in [0.15, 0.2) is 60.8 Å². The van der Waals surface area contributed by atoms with Crippen molar-refractivity contribution in [1.82, 2.24) is 5.32 Å². The summed E-state index contributed by atoms with van der Waals surface area (Å²) in [6.07, 6.45) is 77.1. The molecule has 1 fully saturated rings. The summed E-state index contributed by atoms with van der Waals surface area (Å²) in [4.78, 5) is 13.2. The summed E-state index contributed by atoms with van der Waals surface area (Å²) < 4.78 is 11.4. The number of amides is 1. The highest BCUT2D eigenvalue weighted by Crippen LogP contribution is 2.24. The molecule has 0 aromatic heterocycles. The van der Waals surface area contributed by atoms with Gasteiger partial charge in [-0.05, 0) is 57.8 Å². The summed E-state index contributed by atoms with van der Waals surface area (Å²) in [6.45, 7) is 3.77. The fourth-order valence-electron chi connectivity index (χ4n) is 11.2. The summed E-state index contributed by atoms with van der Waals surface area (Å²) in [5, 5.41) is 55.0. The van der Waals surface area contributed by atoms with Gasteiger partial charge in [0.1, 0.15) is 24.4 Å². The van der Waals surface area contributed by atoms with Crippen LogP contribution in [0, 0.1) is 0 Å². The first-order valence-electron chi connectivity index (χ1n) is 35.0. The molecule has 1 amide bonds. The maximum Gasteiger partial charge on any atom is 0.220 e. The molecule has 0 bridgehead atoms. The summed E-state index contributed by atoms with van der Waals surface area (Å²) in [7, 11) is 0. The number of nitrogens with one attached hydrogen (secondary N) is 1. The quantitative estimate of drug-likeness (QED) is 0.0261. The second-order valence-corrected chi connectivity index (χ2v) is 24.3. The highest BCUT2D eigenvalue weighted by molar-refractivity contribution is 5.76. The minimum absolute atomic E-state index is 0.136. The minimum atomic E-state index is -1.56. The Bertz CT molecular complexity index is 1460. The molecular weight excluding hydrogens is 1010 g/mol. The summed E-state index contributed by atoms with van der Waals surface area (Å²) >= 11 is 0. The van der Waals surface area contributed by atoms with Crippen LogP contribution in [0.5, 0.6) is 0 Å². The van der Waals surface area contributed by atoms with Crippen LogP contribution in [-0.4, -0.2) is 87.5 Å². The molecule has 81 heavy (non-hydrogen) atoms. The molecule has 1 aliphatic rings. The smallest absolute Gasteiger partial charge is 0.220 e. The second kappa shape index (κ2) is 61.0. The Labute approximate surface area is 500 Å². The predicted molar refractivity (Wildman–Crippen MR) is 346 cm³/mol. The average molecular weight is 1140 g/mol. The van der Waals surface area contributed by atoms with Crippen molar-refractivity contribution in [3.8, 4) is 0 Å². The molecule has 0 saturated carbocycles. The third-order valence-electron chi connectivity index (χ3n) is 16.6. The molecule has 6 N–H and O–H groups in total. The zero-order chi connectivity index (χ0) is 58.6. The molecular formula is C72H133NO8. The fraction of sp³-hybridized carbons (Fsp3) is 0.847. The van der Waals surface area contributed by atoms with Crippen LogP contribution in [0.1, 0.15) is 335 Å². The number of aliphatic hydroxyl groups excluding tert-OH is 5. The van der Waals surface area contributed by atoms with Crippen LogP contribution in [-0.2, 0) is 14.3 Å². The van der Waals surface area contributed by atoms with Gasteiger partial charge >= 0.3 is 0 Å². The third-order valence-corrected chi connectivity index (χ3v) is 16.6. The van der Waals surface area contributed by atoms with Crippen LogP contribution in [0.25, 0.3) is 0 Å². The first-order chi connectivity index (χ1) is 39.8. The van der Waals surface area contributed by atoms with E-state index in [4.69, 9.17) is 9.47 Å². The third kappa shape index (κ3) is 49.8. The van der Waals surface area contributed by atoms with Crippen LogP contribution in [0.3, 0.4) is 0 Å². The van der Waals surface area contributed by atoms with Crippen molar-refractivity contribution in [2.24, 2.45) is 0 Å². The van der Waals surface area contributed by atoms with E-state index in [0.717, 1.165) is 70.6 Å². The number of aliphatic hydroxyl groups is 5. The number of hydrogen-bond donors (Lipinski definition) is 6. The first-order valence-corrected chi connectivity index (χ1v) is 35.0. The van der Waals surface area contributed by atoms with Crippen LogP contribution in [0.4, 0.5) is 0 Å². The van der Waals surface area contributed by atoms with Crippen molar-refractivity contribution in [3.63, 3.8) is 0 Å². The lowest BCUT2D eigenvalue weighted by Crippen LogP contribution is -2.60. The zero-order valence-corrected chi connectivity index (χ0v) is 53.0. The lowest BCUT2D eigenvalue weighted by molar-refractivity contribution is -0.302. The van der Waals surface area contributed by atoms with Gasteiger partial charge in [-0.2, -0.15) is 0 Å². The zero-order valence-electron chi connectivity index (χ0n) is 53.0. The molecule has 7 unspecified atom stereocenters. The second-order valence-electron chi connectivity index (χ2n) is 24.3. The number of unbranched alkanes of at least 4 members (excludes halogenated alkanes) is 41. The van der Waals surface area contributed by atoms with Gasteiger partial charge in [-0.25, -0.2) is 0 Å². The van der Waals surface area contributed by atoms with Crippen molar-refractivity contribution in [1.29, 1.82) is 0 Å². The SMILES string of the molecule is CC/C=C\C/C=C\C/C=C\C/C=C\C/C=C\CCCCCCCCCCCCCCCCCCCC(=O)NC(COC1OC(CO)C(O)C(O)C1O)C(O)CCCCCCCCCCCCCCCCCCCCCCCCCCC. The molecule has 0 radical (unpaired) electrons. The van der Waals surface area contributed by atoms with Gasteiger partial charge in [0.05, 0.1) is 25.4 Å². The van der Waals surface area contributed by atoms with Gasteiger partial charge < -0.3 is 40.3 Å². The monoisotopic (exact) mass is 1140 g/mol. The highest BCUT2D eigenvalue weighted by Gasteiger charge is 2.44. The number of rotatable bonds is 61. The van der Waals surface area contributed by atoms with E-state index in [1.165, 1.54) is 238 Å². The Balaban J connectivity index is 2.11. The highest BCUT2D eigenvalue weighted by atomic mass is 16.7. The Kier molecular flexibility index (Phi) is 57.9. The molecule has 474 valence electrons. The fourth-order valence-corrected chi connectivity index (χ4v) is 11.2. The molecule has 0 aromatic rings. The molecule has 7 atom stereocenters. The number of ether oxygens (including phenoxy) is 2. The summed E-state index contributed by atoms with van der Waals surface area (Å²) in [5.74, 6) is -0.140. The van der Waals surface area contributed by atoms with Gasteiger partial charge in [0.15, 0.2) is 6.29 Å². The van der Waals surface area contributed by atoms with Crippen LogP contribution >= 0.6 is 0 Å². The summed E-state index contributed by atoms with van der Waals surface area (Å²) in [5.41, 5.74) is 0. The number of carbonyl (C=O) groups excluding carboxylic acids is 1. The van der Waals surface area contributed by atoms with Crippen LogP contribution < -0.4 is 5.32 Å². The van der Waals surface area contributed by atoms with Gasteiger partial charge in [0.25, 0.3) is 0 Å². The van der Waals surface area contributed by atoms with E-state index < -0.39 is 49.5 Å². The average Bonchev–Trinajstić information content (AvgIpc) is 3.50. The van der Waals surface area contributed by atoms with E-state index >= 15 is 0 Å². The van der Waals surface area contributed by atoms with Crippen molar-refractivity contribution in [2.75, 3.05) is 13.2 Å². The van der Waals surface area contributed by atoms with E-state index in [1.54, 1.807) is 0 Å². The van der Waals surface area contributed by atoms with Gasteiger partial charge in [-0.15, -0.1) is 0 Å². The largest absolute Gasteiger partial charge is 0.394 e. The Morgan fingerprint density at radius 1 is 0.432 bits per heavy atom. The maximum absolute atomic E-state index is 13.2. The number of allylic oxidation sites excluding steroid dienone is 10. The molecule has 0 spiro atoms. The standard InChI is InChI=1S/C72H133NO8/c1-3-5-7-9-11-13-15-17-19-21-23-25-27-29-30-31-32-33-34-35-36-38-40-42-44-46-48-50-52-54-56-58-60-62-68(76)73-65(64-80-72-71(79)70(78)69(77)67(63-74)81-72)66(75)61-59-57-55-53-51-49-47-45-43-41-39-37-28-26-24-22-20-18-16-14-12-10-8-6-4-2/h5,7,11,13,17,19,23,25,29-30,65-67,69-72,74-75,77-79H,3-4,6,8-10,12,14-16,18,20-22,24,26-28,31-64H2,1-2H3,(H,73,76)/b7-5-,13-11-,19-17-,25-23-,30-29-. The Morgan fingerprint density at radius 2 is 0.765 bits per heavy atom. The molecule has 1 heterocycles. The van der Waals surface area contributed by atoms with Gasteiger partial charge in [-0.3, -0.25) is 4.79 Å². The molecule has 9 nitrogen and oxygen atoms in total. The first kappa shape index (κ1) is 76.9. The molecule has 1 saturated heterocycles. The van der Waals surface area contributed by atoms with Gasteiger partial charge in [0, 0.05) is 6.42 Å². The van der Waals surface area contributed by atoms with Crippen molar-refractivity contribution >= 4 is 5.91 Å². The lowest BCUT2D eigenvalue weighted by Gasteiger charge is -2.40. The van der Waals surface area contributed by atoms with Gasteiger partial charge in [0.2, 0.25) is 5.91 Å². The minimum Gasteiger partial charge on any atom is -0.394 e. The lowest BCUT2D eigenvalue weighted by atomic mass is 9.99. The molecule has 1 rings (SSSR count). The van der Waals surface area contributed by atoms with Crippen molar-refractivity contribution in [2.45, 2.75) is 378 Å². The van der Waals surface area contributed by atoms with Crippen molar-refractivity contribution < 1.29 is 39.8 Å². The van der Waals surface area contributed by atoms with E-state index in [2.05, 4.69) is 79.9 Å². The molecule has 1 aliphatic heterocycles. The predicted octanol–water partition coefficient (Wildman–Crippen LogP) is 19.0. The molecule has 0 aliphatic carbocycles. The van der Waals surface area contributed by atoms with E-state index in [1.807, 2.05) is 0 Å². The maximum atomic E-state index is 13.2. The summed E-state index contributed by atoms with van der Waals surface area (Å²) in [6, 6.07) is -0.721. The van der Waals surface area contributed by atoms with Gasteiger partial charge in [-0.1, -0.05) is 331 Å². The number of hydrogen-bond acceptors (Lipinski definition) is 8. The molecule has 9 heteroatoms. The topological polar surface area (TPSA) is 149 Å². The molecule has 0 aromatic carbocycles.